The van der Waals surface area contributed by atoms with E-state index in [0.29, 0.717) is 42.2 Å². The van der Waals surface area contributed by atoms with Crippen molar-refractivity contribution >= 4 is 15.8 Å². The first kappa shape index (κ1) is 18.4. The van der Waals surface area contributed by atoms with Gasteiger partial charge in [-0.1, -0.05) is 17.7 Å². The average Bonchev–Trinajstić information content (AvgIpc) is 2.62. The number of nitriles is 1. The number of rotatable bonds is 4. The number of nitrogens with one attached hydrogen (secondary N) is 1. The Morgan fingerprint density at radius 1 is 1.15 bits per heavy atom. The Bertz CT molecular complexity index is 925. The molecular weight excluding hydrogens is 348 g/mol. The van der Waals surface area contributed by atoms with E-state index in [1.54, 1.807) is 28.6 Å². The predicted octanol–water partition coefficient (Wildman–Crippen LogP) is 2.84. The quantitative estimate of drug-likeness (QED) is 0.894. The van der Waals surface area contributed by atoms with Crippen molar-refractivity contribution in [3.05, 3.63) is 53.2 Å². The van der Waals surface area contributed by atoms with E-state index in [-0.39, 0.29) is 6.04 Å². The van der Waals surface area contributed by atoms with Crippen molar-refractivity contribution < 1.29 is 8.42 Å². The third-order valence-electron chi connectivity index (χ3n) is 4.55. The topological polar surface area (TPSA) is 86.1 Å². The lowest BCUT2D eigenvalue weighted by Crippen LogP contribution is -2.42. The third kappa shape index (κ3) is 4.03. The second-order valence-electron chi connectivity index (χ2n) is 6.63. The fourth-order valence-corrected chi connectivity index (χ4v) is 4.59. The van der Waals surface area contributed by atoms with Crippen LogP contribution < -0.4 is 5.32 Å². The van der Waals surface area contributed by atoms with Gasteiger partial charge in [0.15, 0.2) is 0 Å². The summed E-state index contributed by atoms with van der Waals surface area (Å²) in [7, 11) is -3.45. The van der Waals surface area contributed by atoms with Gasteiger partial charge in [-0.3, -0.25) is 0 Å². The highest BCUT2D eigenvalue weighted by atomic mass is 32.2. The number of sulfonamides is 1. The van der Waals surface area contributed by atoms with E-state index in [0.717, 1.165) is 11.3 Å². The van der Waals surface area contributed by atoms with Gasteiger partial charge < -0.3 is 5.32 Å². The lowest BCUT2D eigenvalue weighted by atomic mass is 10.1. The fraction of sp³-hybridized carbons (Fsp3) is 0.368. The minimum atomic E-state index is -3.45. The predicted molar refractivity (Wildman–Crippen MR) is 100 cm³/mol. The highest BCUT2D eigenvalue weighted by molar-refractivity contribution is 7.89. The van der Waals surface area contributed by atoms with Crippen LogP contribution in [0.3, 0.4) is 0 Å². The van der Waals surface area contributed by atoms with Gasteiger partial charge >= 0.3 is 0 Å². The van der Waals surface area contributed by atoms with Crippen molar-refractivity contribution in [3.63, 3.8) is 0 Å². The first-order chi connectivity index (χ1) is 12.4. The number of anilines is 1. The Morgan fingerprint density at radius 3 is 2.42 bits per heavy atom. The summed E-state index contributed by atoms with van der Waals surface area (Å²) in [6.07, 6.45) is 1.39. The van der Waals surface area contributed by atoms with Gasteiger partial charge in [0.25, 0.3) is 0 Å². The van der Waals surface area contributed by atoms with Crippen molar-refractivity contribution in [2.75, 3.05) is 18.4 Å². The molecule has 1 aliphatic heterocycles. The molecule has 136 valence electrons. The van der Waals surface area contributed by atoms with E-state index in [2.05, 4.69) is 16.4 Å². The van der Waals surface area contributed by atoms with Crippen molar-refractivity contribution in [2.45, 2.75) is 37.6 Å². The second-order valence-corrected chi connectivity index (χ2v) is 8.57. The zero-order valence-electron chi connectivity index (χ0n) is 14.9. The monoisotopic (exact) mass is 370 g/mol. The fourth-order valence-electron chi connectivity index (χ4n) is 3.12. The second kappa shape index (κ2) is 7.44. The smallest absolute Gasteiger partial charge is 0.243 e. The Hall–Kier alpha value is -2.43. The van der Waals surface area contributed by atoms with Gasteiger partial charge in [-0.25, -0.2) is 13.4 Å². The summed E-state index contributed by atoms with van der Waals surface area (Å²) >= 11 is 0. The summed E-state index contributed by atoms with van der Waals surface area (Å²) in [4.78, 5) is 4.75. The first-order valence-electron chi connectivity index (χ1n) is 8.60. The molecule has 2 heterocycles. The number of pyridine rings is 1. The van der Waals surface area contributed by atoms with E-state index < -0.39 is 10.0 Å². The lowest BCUT2D eigenvalue weighted by Gasteiger charge is -2.32. The maximum Gasteiger partial charge on any atom is 0.243 e. The largest absolute Gasteiger partial charge is 0.367 e. The van der Waals surface area contributed by atoms with Gasteiger partial charge in [-0.15, -0.1) is 0 Å². The molecule has 0 saturated carbocycles. The summed E-state index contributed by atoms with van der Waals surface area (Å²) in [6, 6.07) is 12.7. The zero-order chi connectivity index (χ0) is 18.7. The maximum atomic E-state index is 12.7. The van der Waals surface area contributed by atoms with Crippen LogP contribution in [0.25, 0.3) is 0 Å². The number of hydrogen-bond donors (Lipinski definition) is 1. The van der Waals surface area contributed by atoms with Gasteiger partial charge in [-0.05, 0) is 51.0 Å². The molecule has 1 fully saturated rings. The van der Waals surface area contributed by atoms with Crippen LogP contribution in [0.1, 0.15) is 29.7 Å². The van der Waals surface area contributed by atoms with Crippen LogP contribution in [0.2, 0.25) is 0 Å². The molecule has 3 rings (SSSR count). The molecule has 1 N–H and O–H groups in total. The third-order valence-corrected chi connectivity index (χ3v) is 6.46. The molecule has 0 bridgehead atoms. The molecule has 2 aromatic rings. The normalized spacial score (nSPS) is 16.2. The van der Waals surface area contributed by atoms with E-state index in [1.807, 2.05) is 26.0 Å². The Labute approximate surface area is 154 Å². The Kier molecular flexibility index (Phi) is 5.25. The molecule has 1 aromatic heterocycles. The van der Waals surface area contributed by atoms with Crippen LogP contribution in [0, 0.1) is 25.2 Å². The first-order valence-corrected chi connectivity index (χ1v) is 10.0. The summed E-state index contributed by atoms with van der Waals surface area (Å²) in [5.41, 5.74) is 2.39. The molecule has 6 nitrogen and oxygen atoms in total. The molecule has 0 amide bonds. The Balaban J connectivity index is 1.65. The van der Waals surface area contributed by atoms with Crippen LogP contribution >= 0.6 is 0 Å². The van der Waals surface area contributed by atoms with Crippen molar-refractivity contribution in [3.8, 4) is 6.07 Å². The lowest BCUT2D eigenvalue weighted by molar-refractivity contribution is 0.329. The molecule has 7 heteroatoms. The molecule has 26 heavy (non-hydrogen) atoms. The van der Waals surface area contributed by atoms with Gasteiger partial charge in [0.05, 0.1) is 16.5 Å². The van der Waals surface area contributed by atoms with E-state index in [9.17, 15) is 8.42 Å². The maximum absolute atomic E-state index is 12.7. The molecule has 0 aliphatic carbocycles. The van der Waals surface area contributed by atoms with Crippen LogP contribution in [-0.4, -0.2) is 36.8 Å². The number of nitrogens with zero attached hydrogens (tertiary/aromatic N) is 3. The van der Waals surface area contributed by atoms with E-state index >= 15 is 0 Å². The molecule has 1 aromatic carbocycles. The summed E-state index contributed by atoms with van der Waals surface area (Å²) in [5.74, 6) is 0.668. The molecule has 0 spiro atoms. The molecule has 1 aliphatic rings. The molecule has 1 saturated heterocycles. The molecule has 0 radical (unpaired) electrons. The summed E-state index contributed by atoms with van der Waals surface area (Å²) in [5, 5.41) is 12.4. The van der Waals surface area contributed by atoms with Crippen LogP contribution in [-0.2, 0) is 10.0 Å². The van der Waals surface area contributed by atoms with Gasteiger partial charge in [-0.2, -0.15) is 9.57 Å². The van der Waals surface area contributed by atoms with Crippen LogP contribution in [0.4, 0.5) is 5.82 Å². The zero-order valence-corrected chi connectivity index (χ0v) is 15.8. The molecular formula is C19H22N4O2S. The van der Waals surface area contributed by atoms with Gasteiger partial charge in [0.1, 0.15) is 5.82 Å². The standard InChI is InChI=1S/C19H22N4O2S/c1-14-3-5-18(6-4-14)26(24,25)23-9-7-17(8-10-23)22-19-12-16(13-20)11-15(2)21-19/h3-6,11-12,17H,7-10H2,1-2H3,(H,21,22). The van der Waals surface area contributed by atoms with Crippen molar-refractivity contribution in [1.82, 2.24) is 9.29 Å². The van der Waals surface area contributed by atoms with Gasteiger partial charge in [0.2, 0.25) is 10.0 Å². The SMILES string of the molecule is Cc1ccc(S(=O)(=O)N2CCC(Nc3cc(C#N)cc(C)n3)CC2)cc1. The highest BCUT2D eigenvalue weighted by Crippen LogP contribution is 2.23. The number of hydrogen-bond acceptors (Lipinski definition) is 5. The summed E-state index contributed by atoms with van der Waals surface area (Å²) in [6.45, 7) is 4.71. The molecule has 0 unspecified atom stereocenters. The Morgan fingerprint density at radius 2 is 1.81 bits per heavy atom. The van der Waals surface area contributed by atoms with Crippen molar-refractivity contribution in [1.29, 1.82) is 5.26 Å². The number of benzene rings is 1. The van der Waals surface area contributed by atoms with E-state index in [4.69, 9.17) is 5.26 Å². The minimum Gasteiger partial charge on any atom is -0.367 e. The highest BCUT2D eigenvalue weighted by Gasteiger charge is 2.29. The molecule has 0 atom stereocenters. The number of aryl methyl sites for hydroxylation is 2. The number of piperidine rings is 1. The van der Waals surface area contributed by atoms with Crippen LogP contribution in [0.5, 0.6) is 0 Å². The van der Waals surface area contributed by atoms with E-state index in [1.165, 1.54) is 0 Å². The number of aromatic nitrogens is 1. The average molecular weight is 370 g/mol. The van der Waals surface area contributed by atoms with Gasteiger partial charge in [0, 0.05) is 24.8 Å². The van der Waals surface area contributed by atoms with Crippen molar-refractivity contribution in [2.24, 2.45) is 0 Å². The van der Waals surface area contributed by atoms with Crippen LogP contribution in [0.15, 0.2) is 41.3 Å². The minimum absolute atomic E-state index is 0.139. The summed E-state index contributed by atoms with van der Waals surface area (Å²) < 4.78 is 27.0.